The first kappa shape index (κ1) is 13.9. The lowest BCUT2D eigenvalue weighted by Crippen LogP contribution is -2.49. The van der Waals surface area contributed by atoms with Crippen molar-refractivity contribution in [1.82, 2.24) is 4.90 Å². The molecule has 0 aromatic carbocycles. The van der Waals surface area contributed by atoms with Crippen LogP contribution in [0.5, 0.6) is 0 Å². The smallest absolute Gasteiger partial charge is 0.0300 e. The fourth-order valence-corrected chi connectivity index (χ4v) is 1.86. The lowest BCUT2D eigenvalue weighted by molar-refractivity contribution is 0.130. The van der Waals surface area contributed by atoms with Gasteiger partial charge in [-0.3, -0.25) is 4.90 Å². The lowest BCUT2D eigenvalue weighted by Gasteiger charge is -2.38. The second-order valence-electron chi connectivity index (χ2n) is 4.58. The lowest BCUT2D eigenvalue weighted by atomic mass is 9.94. The van der Waals surface area contributed by atoms with Gasteiger partial charge in [-0.15, -0.1) is 0 Å². The summed E-state index contributed by atoms with van der Waals surface area (Å²) in [6.07, 6.45) is 6.34. The van der Waals surface area contributed by atoms with Crippen molar-refractivity contribution in [2.24, 2.45) is 5.73 Å². The summed E-state index contributed by atoms with van der Waals surface area (Å²) in [6, 6.07) is 0. The summed E-state index contributed by atoms with van der Waals surface area (Å²) in [6.45, 7) is 8.70. The first-order chi connectivity index (χ1) is 6.60. The Hall–Kier alpha value is -0.0800. The molecule has 0 aromatic rings. The van der Waals surface area contributed by atoms with Crippen LogP contribution in [0.25, 0.3) is 0 Å². The molecule has 0 fully saturated rings. The predicted octanol–water partition coefficient (Wildman–Crippen LogP) is 2.63. The second-order valence-corrected chi connectivity index (χ2v) is 4.58. The average molecular weight is 200 g/mol. The Bertz CT molecular complexity index is 136. The summed E-state index contributed by atoms with van der Waals surface area (Å²) < 4.78 is 0. The molecule has 0 aliphatic heterocycles. The molecule has 2 N–H and O–H groups in total. The van der Waals surface area contributed by atoms with Crippen molar-refractivity contribution in [2.45, 2.75) is 58.4 Å². The Kier molecular flexibility index (Phi) is 7.20. The van der Waals surface area contributed by atoms with Gasteiger partial charge in [0.05, 0.1) is 0 Å². The van der Waals surface area contributed by atoms with Crippen molar-refractivity contribution >= 4 is 0 Å². The summed E-state index contributed by atoms with van der Waals surface area (Å²) >= 11 is 0. The molecule has 0 heterocycles. The van der Waals surface area contributed by atoms with Crippen molar-refractivity contribution in [3.63, 3.8) is 0 Å². The highest BCUT2D eigenvalue weighted by Gasteiger charge is 2.25. The number of rotatable bonds is 8. The van der Waals surface area contributed by atoms with Gasteiger partial charge in [-0.2, -0.15) is 0 Å². The summed E-state index contributed by atoms with van der Waals surface area (Å²) in [4.78, 5) is 2.44. The van der Waals surface area contributed by atoms with E-state index in [1.807, 2.05) is 0 Å². The van der Waals surface area contributed by atoms with E-state index in [1.165, 1.54) is 38.6 Å². The quantitative estimate of drug-likeness (QED) is 0.610. The molecule has 14 heavy (non-hydrogen) atoms. The molecule has 2 nitrogen and oxygen atoms in total. The van der Waals surface area contributed by atoms with Gasteiger partial charge in [0.2, 0.25) is 0 Å². The van der Waals surface area contributed by atoms with Crippen molar-refractivity contribution < 1.29 is 0 Å². The number of likely N-dealkylation sites (N-methyl/N-ethyl adjacent to an activating group) is 1. The number of hydrogen-bond acceptors (Lipinski definition) is 2. The Morgan fingerprint density at radius 1 is 1.14 bits per heavy atom. The summed E-state index contributed by atoms with van der Waals surface area (Å²) in [5.41, 5.74) is 6.07. The van der Waals surface area contributed by atoms with E-state index < -0.39 is 0 Å². The maximum Gasteiger partial charge on any atom is 0.0300 e. The van der Waals surface area contributed by atoms with E-state index in [0.717, 1.165) is 6.54 Å². The van der Waals surface area contributed by atoms with Crippen molar-refractivity contribution in [2.75, 3.05) is 20.1 Å². The van der Waals surface area contributed by atoms with Crippen LogP contribution in [0, 0.1) is 0 Å². The zero-order valence-electron chi connectivity index (χ0n) is 10.5. The van der Waals surface area contributed by atoms with E-state index in [0.29, 0.717) is 0 Å². The molecule has 1 atom stereocenters. The van der Waals surface area contributed by atoms with Crippen LogP contribution in [-0.4, -0.2) is 30.6 Å². The molecule has 2 heteroatoms. The SMILES string of the molecule is CCCCCN(C)C(C)(CN)CCC. The van der Waals surface area contributed by atoms with Gasteiger partial charge in [-0.1, -0.05) is 33.1 Å². The summed E-state index contributed by atoms with van der Waals surface area (Å²) in [5.74, 6) is 0. The molecule has 0 saturated heterocycles. The average Bonchev–Trinajstić information content (AvgIpc) is 2.18. The van der Waals surface area contributed by atoms with Crippen molar-refractivity contribution in [3.8, 4) is 0 Å². The predicted molar refractivity (Wildman–Crippen MR) is 64.5 cm³/mol. The number of nitrogens with two attached hydrogens (primary N) is 1. The monoisotopic (exact) mass is 200 g/mol. The zero-order chi connectivity index (χ0) is 11.0. The van der Waals surface area contributed by atoms with Crippen LogP contribution in [0.15, 0.2) is 0 Å². The molecule has 0 aliphatic carbocycles. The van der Waals surface area contributed by atoms with Gasteiger partial charge in [0.15, 0.2) is 0 Å². The minimum Gasteiger partial charge on any atom is -0.329 e. The maximum absolute atomic E-state index is 5.86. The van der Waals surface area contributed by atoms with E-state index in [2.05, 4.69) is 32.7 Å². The molecule has 0 spiro atoms. The number of unbranched alkanes of at least 4 members (excludes halogenated alkanes) is 2. The van der Waals surface area contributed by atoms with Crippen LogP contribution in [0.3, 0.4) is 0 Å². The standard InChI is InChI=1S/C12H28N2/c1-5-7-8-10-14(4)12(3,11-13)9-6-2/h5-11,13H2,1-4H3. The van der Waals surface area contributed by atoms with Gasteiger partial charge in [-0.25, -0.2) is 0 Å². The van der Waals surface area contributed by atoms with Gasteiger partial charge < -0.3 is 5.73 Å². The molecular weight excluding hydrogens is 172 g/mol. The highest BCUT2D eigenvalue weighted by Crippen LogP contribution is 2.18. The third-order valence-electron chi connectivity index (χ3n) is 3.25. The molecule has 0 aliphatic rings. The Labute approximate surface area is 89.9 Å². The first-order valence-electron chi connectivity index (χ1n) is 6.02. The van der Waals surface area contributed by atoms with E-state index >= 15 is 0 Å². The van der Waals surface area contributed by atoms with Crippen LogP contribution < -0.4 is 5.73 Å². The van der Waals surface area contributed by atoms with E-state index in [4.69, 9.17) is 5.73 Å². The Balaban J connectivity index is 3.95. The highest BCUT2D eigenvalue weighted by atomic mass is 15.2. The van der Waals surface area contributed by atoms with E-state index in [1.54, 1.807) is 0 Å². The molecule has 1 unspecified atom stereocenters. The van der Waals surface area contributed by atoms with Gasteiger partial charge in [0, 0.05) is 12.1 Å². The maximum atomic E-state index is 5.86. The summed E-state index contributed by atoms with van der Waals surface area (Å²) in [5, 5.41) is 0. The highest BCUT2D eigenvalue weighted by molar-refractivity contribution is 4.84. The molecule has 0 bridgehead atoms. The van der Waals surface area contributed by atoms with Gasteiger partial charge >= 0.3 is 0 Å². The van der Waals surface area contributed by atoms with Crippen LogP contribution >= 0.6 is 0 Å². The molecule has 0 rings (SSSR count). The van der Waals surface area contributed by atoms with Crippen LogP contribution in [0.1, 0.15) is 52.9 Å². The second kappa shape index (κ2) is 7.24. The van der Waals surface area contributed by atoms with Gasteiger partial charge in [0.25, 0.3) is 0 Å². The normalized spacial score (nSPS) is 15.9. The van der Waals surface area contributed by atoms with Gasteiger partial charge in [0.1, 0.15) is 0 Å². The number of nitrogens with zero attached hydrogens (tertiary/aromatic N) is 1. The molecule has 0 aromatic heterocycles. The largest absolute Gasteiger partial charge is 0.329 e. The fourth-order valence-electron chi connectivity index (χ4n) is 1.86. The van der Waals surface area contributed by atoms with Gasteiger partial charge in [-0.05, 0) is 33.4 Å². The topological polar surface area (TPSA) is 29.3 Å². The number of hydrogen-bond donors (Lipinski definition) is 1. The Morgan fingerprint density at radius 2 is 1.79 bits per heavy atom. The van der Waals surface area contributed by atoms with E-state index in [9.17, 15) is 0 Å². The minimum atomic E-state index is 0.211. The molecule has 0 amide bonds. The van der Waals surface area contributed by atoms with Crippen molar-refractivity contribution in [1.29, 1.82) is 0 Å². The third-order valence-corrected chi connectivity index (χ3v) is 3.25. The van der Waals surface area contributed by atoms with Crippen molar-refractivity contribution in [3.05, 3.63) is 0 Å². The molecular formula is C12H28N2. The van der Waals surface area contributed by atoms with E-state index in [-0.39, 0.29) is 5.54 Å². The van der Waals surface area contributed by atoms with Crippen LogP contribution in [-0.2, 0) is 0 Å². The third kappa shape index (κ3) is 4.43. The zero-order valence-corrected chi connectivity index (χ0v) is 10.5. The molecule has 0 saturated carbocycles. The molecule has 86 valence electrons. The Morgan fingerprint density at radius 3 is 2.21 bits per heavy atom. The summed E-state index contributed by atoms with van der Waals surface area (Å²) in [7, 11) is 2.21. The fraction of sp³-hybridized carbons (Fsp3) is 1.00. The van der Waals surface area contributed by atoms with Crippen LogP contribution in [0.4, 0.5) is 0 Å². The van der Waals surface area contributed by atoms with Crippen LogP contribution in [0.2, 0.25) is 0 Å². The molecule has 0 radical (unpaired) electrons. The first-order valence-corrected chi connectivity index (χ1v) is 6.02. The minimum absolute atomic E-state index is 0.211.